The standard InChI is InChI=1S/C27H34FN5O2/c1-20-8-5-6-11-24(20)27(34)32(16-17-35-4)19-25-21(2)29-33(23-10-7-9-22(28)18-23)26(25)31-14-12-30(3)13-15-31/h5-11,18H,12-17,19H2,1-4H3. The summed E-state index contributed by atoms with van der Waals surface area (Å²) >= 11 is 0. The molecule has 8 heteroatoms. The van der Waals surface area contributed by atoms with Crippen molar-refractivity contribution in [3.63, 3.8) is 0 Å². The normalized spacial score (nSPS) is 14.4. The van der Waals surface area contributed by atoms with Gasteiger partial charge in [-0.1, -0.05) is 24.3 Å². The maximum atomic E-state index is 14.1. The van der Waals surface area contributed by atoms with Crippen molar-refractivity contribution in [3.05, 3.63) is 76.7 Å². The molecule has 7 nitrogen and oxygen atoms in total. The Morgan fingerprint density at radius 1 is 1.09 bits per heavy atom. The first-order chi connectivity index (χ1) is 16.9. The van der Waals surface area contributed by atoms with E-state index in [1.54, 1.807) is 13.2 Å². The number of hydrogen-bond donors (Lipinski definition) is 0. The number of amides is 1. The number of anilines is 1. The summed E-state index contributed by atoms with van der Waals surface area (Å²) in [6.45, 7) is 8.67. The highest BCUT2D eigenvalue weighted by Crippen LogP contribution is 2.30. The van der Waals surface area contributed by atoms with Crippen molar-refractivity contribution < 1.29 is 13.9 Å². The zero-order valence-electron chi connectivity index (χ0n) is 21.0. The van der Waals surface area contributed by atoms with E-state index in [2.05, 4.69) is 16.8 Å². The lowest BCUT2D eigenvalue weighted by Crippen LogP contribution is -2.45. The summed E-state index contributed by atoms with van der Waals surface area (Å²) < 4.78 is 21.3. The molecule has 0 aliphatic carbocycles. The number of ether oxygens (including phenoxy) is 1. The fourth-order valence-corrected chi connectivity index (χ4v) is 4.49. The quantitative estimate of drug-likeness (QED) is 0.494. The summed E-state index contributed by atoms with van der Waals surface area (Å²) in [7, 11) is 3.75. The number of aromatic nitrogens is 2. The first-order valence-electron chi connectivity index (χ1n) is 12.0. The van der Waals surface area contributed by atoms with Gasteiger partial charge in [0.1, 0.15) is 11.6 Å². The van der Waals surface area contributed by atoms with Gasteiger partial charge in [0.05, 0.1) is 24.5 Å². The molecular weight excluding hydrogens is 445 g/mol. The molecular formula is C27H34FN5O2. The molecule has 1 amide bonds. The van der Waals surface area contributed by atoms with Gasteiger partial charge in [-0.15, -0.1) is 0 Å². The second kappa shape index (κ2) is 11.0. The number of rotatable bonds is 8. The van der Waals surface area contributed by atoms with Gasteiger partial charge in [-0.05, 0) is 50.7 Å². The van der Waals surface area contributed by atoms with Gasteiger partial charge in [0.25, 0.3) is 5.91 Å². The third kappa shape index (κ3) is 5.55. The van der Waals surface area contributed by atoms with E-state index in [0.29, 0.717) is 30.9 Å². The average molecular weight is 480 g/mol. The van der Waals surface area contributed by atoms with E-state index in [1.165, 1.54) is 12.1 Å². The van der Waals surface area contributed by atoms with Crippen molar-refractivity contribution in [1.82, 2.24) is 19.6 Å². The average Bonchev–Trinajstić information content (AvgIpc) is 3.18. The van der Waals surface area contributed by atoms with Crippen molar-refractivity contribution in [2.45, 2.75) is 20.4 Å². The fraction of sp³-hybridized carbons (Fsp3) is 0.407. The number of carbonyl (C=O) groups excluding carboxylic acids is 1. The third-order valence-electron chi connectivity index (χ3n) is 6.59. The molecule has 2 aromatic carbocycles. The summed E-state index contributed by atoms with van der Waals surface area (Å²) in [6, 6.07) is 14.1. The molecule has 2 heterocycles. The predicted molar refractivity (Wildman–Crippen MR) is 136 cm³/mol. The van der Waals surface area contributed by atoms with Crippen LogP contribution in [0.25, 0.3) is 5.69 Å². The van der Waals surface area contributed by atoms with Gasteiger partial charge in [0, 0.05) is 51.0 Å². The largest absolute Gasteiger partial charge is 0.383 e. The van der Waals surface area contributed by atoms with Gasteiger partial charge < -0.3 is 19.4 Å². The molecule has 0 atom stereocenters. The molecule has 3 aromatic rings. The maximum Gasteiger partial charge on any atom is 0.254 e. The minimum atomic E-state index is -0.307. The molecule has 1 fully saturated rings. The Kier molecular flexibility index (Phi) is 7.83. The minimum absolute atomic E-state index is 0.0395. The fourth-order valence-electron chi connectivity index (χ4n) is 4.49. The van der Waals surface area contributed by atoms with Crippen LogP contribution < -0.4 is 4.90 Å². The molecule has 4 rings (SSSR count). The first kappa shape index (κ1) is 24.9. The number of aryl methyl sites for hydroxylation is 2. The molecule has 0 bridgehead atoms. The highest BCUT2D eigenvalue weighted by molar-refractivity contribution is 5.95. The number of likely N-dealkylation sites (N-methyl/N-ethyl adjacent to an activating group) is 1. The molecule has 0 radical (unpaired) electrons. The van der Waals surface area contributed by atoms with Crippen LogP contribution in [0.15, 0.2) is 48.5 Å². The second-order valence-electron chi connectivity index (χ2n) is 9.10. The number of halogens is 1. The Balaban J connectivity index is 1.76. The van der Waals surface area contributed by atoms with Crippen molar-refractivity contribution in [1.29, 1.82) is 0 Å². The van der Waals surface area contributed by atoms with Gasteiger partial charge in [0.15, 0.2) is 0 Å². The van der Waals surface area contributed by atoms with E-state index in [0.717, 1.165) is 48.8 Å². The molecule has 0 unspecified atom stereocenters. The number of hydrogen-bond acceptors (Lipinski definition) is 5. The molecule has 1 aliphatic rings. The van der Waals surface area contributed by atoms with Gasteiger partial charge in [-0.25, -0.2) is 9.07 Å². The van der Waals surface area contributed by atoms with E-state index < -0.39 is 0 Å². The molecule has 1 saturated heterocycles. The Morgan fingerprint density at radius 3 is 2.51 bits per heavy atom. The number of methoxy groups -OCH3 is 1. The number of carbonyl (C=O) groups is 1. The highest BCUT2D eigenvalue weighted by Gasteiger charge is 2.28. The molecule has 0 spiro atoms. The number of nitrogens with zero attached hydrogens (tertiary/aromatic N) is 5. The van der Waals surface area contributed by atoms with Crippen LogP contribution in [0.3, 0.4) is 0 Å². The van der Waals surface area contributed by atoms with Crippen molar-refractivity contribution in [2.75, 3.05) is 58.4 Å². The van der Waals surface area contributed by atoms with Crippen LogP contribution in [0.1, 0.15) is 27.2 Å². The molecule has 0 N–H and O–H groups in total. The summed E-state index contributed by atoms with van der Waals surface area (Å²) in [4.78, 5) is 20.0. The summed E-state index contributed by atoms with van der Waals surface area (Å²) in [5.41, 5.74) is 4.08. The van der Waals surface area contributed by atoms with Crippen LogP contribution in [-0.4, -0.2) is 79.0 Å². The van der Waals surface area contributed by atoms with Crippen LogP contribution >= 0.6 is 0 Å². The lowest BCUT2D eigenvalue weighted by atomic mass is 10.1. The highest BCUT2D eigenvalue weighted by atomic mass is 19.1. The zero-order valence-corrected chi connectivity index (χ0v) is 21.0. The minimum Gasteiger partial charge on any atom is -0.383 e. The van der Waals surface area contributed by atoms with Crippen LogP contribution in [0.4, 0.5) is 10.2 Å². The lowest BCUT2D eigenvalue weighted by molar-refractivity contribution is 0.0679. The molecule has 186 valence electrons. The van der Waals surface area contributed by atoms with E-state index in [9.17, 15) is 9.18 Å². The van der Waals surface area contributed by atoms with Crippen molar-refractivity contribution in [2.24, 2.45) is 0 Å². The Hall–Kier alpha value is -3.23. The van der Waals surface area contributed by atoms with Gasteiger partial charge in [-0.2, -0.15) is 5.10 Å². The van der Waals surface area contributed by atoms with Crippen LogP contribution in [-0.2, 0) is 11.3 Å². The monoisotopic (exact) mass is 479 g/mol. The maximum absolute atomic E-state index is 14.1. The first-order valence-corrected chi connectivity index (χ1v) is 12.0. The van der Waals surface area contributed by atoms with Crippen molar-refractivity contribution >= 4 is 11.7 Å². The third-order valence-corrected chi connectivity index (χ3v) is 6.59. The van der Waals surface area contributed by atoms with E-state index in [1.807, 2.05) is 53.8 Å². The van der Waals surface area contributed by atoms with Gasteiger partial charge in [-0.3, -0.25) is 4.79 Å². The molecule has 1 aliphatic heterocycles. The van der Waals surface area contributed by atoms with Crippen LogP contribution in [0.2, 0.25) is 0 Å². The topological polar surface area (TPSA) is 53.8 Å². The zero-order chi connectivity index (χ0) is 24.9. The van der Waals surface area contributed by atoms with E-state index in [-0.39, 0.29) is 11.7 Å². The molecule has 1 aromatic heterocycles. The Labute approximate surface area is 206 Å². The van der Waals surface area contributed by atoms with E-state index >= 15 is 0 Å². The van der Waals surface area contributed by atoms with Crippen LogP contribution in [0.5, 0.6) is 0 Å². The van der Waals surface area contributed by atoms with Gasteiger partial charge in [0.2, 0.25) is 0 Å². The number of benzene rings is 2. The molecule has 0 saturated carbocycles. The van der Waals surface area contributed by atoms with Crippen molar-refractivity contribution in [3.8, 4) is 5.69 Å². The Bertz CT molecular complexity index is 1170. The van der Waals surface area contributed by atoms with E-state index in [4.69, 9.17) is 9.84 Å². The lowest BCUT2D eigenvalue weighted by Gasteiger charge is -2.35. The number of piperazine rings is 1. The smallest absolute Gasteiger partial charge is 0.254 e. The van der Waals surface area contributed by atoms with Crippen LogP contribution in [0, 0.1) is 19.7 Å². The summed E-state index contributed by atoms with van der Waals surface area (Å²) in [6.07, 6.45) is 0. The predicted octanol–water partition coefficient (Wildman–Crippen LogP) is 3.67. The SMILES string of the molecule is COCCN(Cc1c(C)nn(-c2cccc(F)c2)c1N1CCN(C)CC1)C(=O)c1ccccc1C. The second-order valence-corrected chi connectivity index (χ2v) is 9.10. The summed E-state index contributed by atoms with van der Waals surface area (Å²) in [5.74, 6) is 0.571. The Morgan fingerprint density at radius 2 is 1.83 bits per heavy atom. The summed E-state index contributed by atoms with van der Waals surface area (Å²) in [5, 5.41) is 4.82. The molecule has 35 heavy (non-hydrogen) atoms. The van der Waals surface area contributed by atoms with Gasteiger partial charge >= 0.3 is 0 Å².